The van der Waals surface area contributed by atoms with Crippen molar-refractivity contribution >= 4 is 17.8 Å². The van der Waals surface area contributed by atoms with E-state index in [4.69, 9.17) is 0 Å². The second kappa shape index (κ2) is 7.11. The average molecular weight is 324 g/mol. The molecule has 0 saturated heterocycles. The molecule has 0 radical (unpaired) electrons. The monoisotopic (exact) mass is 324 g/mol. The van der Waals surface area contributed by atoms with Crippen molar-refractivity contribution in [3.63, 3.8) is 0 Å². The maximum Gasteiger partial charge on any atom is 0.390 e. The Bertz CT molecular complexity index is 361. The van der Waals surface area contributed by atoms with Gasteiger partial charge in [0.2, 0.25) is 0 Å². The summed E-state index contributed by atoms with van der Waals surface area (Å²) in [5.41, 5.74) is 0. The highest BCUT2D eigenvalue weighted by atomic mass is 32.2. The maximum absolute atomic E-state index is 12.4. The van der Waals surface area contributed by atoms with Crippen molar-refractivity contribution in [1.82, 2.24) is 10.2 Å². The third-order valence-electron chi connectivity index (χ3n) is 4.48. The van der Waals surface area contributed by atoms with Crippen molar-refractivity contribution in [3.8, 4) is 0 Å². The Kier molecular flexibility index (Phi) is 5.68. The first kappa shape index (κ1) is 16.8. The third kappa shape index (κ3) is 4.69. The van der Waals surface area contributed by atoms with E-state index < -0.39 is 12.6 Å². The van der Waals surface area contributed by atoms with Gasteiger partial charge < -0.3 is 10.2 Å². The van der Waals surface area contributed by atoms with Crippen LogP contribution in [0.2, 0.25) is 0 Å². The van der Waals surface area contributed by atoms with Gasteiger partial charge in [0.15, 0.2) is 0 Å². The highest BCUT2D eigenvalue weighted by molar-refractivity contribution is 7.99. The predicted octanol–water partition coefficient (Wildman–Crippen LogP) is 3.79. The molecule has 0 aliphatic heterocycles. The highest BCUT2D eigenvalue weighted by Crippen LogP contribution is 2.30. The number of thioether (sulfide) groups is 1. The van der Waals surface area contributed by atoms with Crippen LogP contribution in [-0.4, -0.2) is 47.2 Å². The van der Waals surface area contributed by atoms with Gasteiger partial charge in [-0.1, -0.05) is 6.42 Å². The molecular formula is C14H23F3N2OS. The van der Waals surface area contributed by atoms with Gasteiger partial charge >= 0.3 is 12.2 Å². The van der Waals surface area contributed by atoms with Crippen LogP contribution in [0.5, 0.6) is 0 Å². The van der Waals surface area contributed by atoms with Gasteiger partial charge in [-0.05, 0) is 38.4 Å². The van der Waals surface area contributed by atoms with Crippen LogP contribution >= 0.6 is 11.8 Å². The Morgan fingerprint density at radius 3 is 2.43 bits per heavy atom. The van der Waals surface area contributed by atoms with Crippen LogP contribution < -0.4 is 5.32 Å². The topological polar surface area (TPSA) is 32.3 Å². The van der Waals surface area contributed by atoms with E-state index in [0.29, 0.717) is 5.25 Å². The molecule has 2 saturated carbocycles. The second-order valence-corrected chi connectivity index (χ2v) is 6.98. The van der Waals surface area contributed by atoms with Crippen LogP contribution in [0.4, 0.5) is 18.0 Å². The van der Waals surface area contributed by atoms with Gasteiger partial charge in [0.25, 0.3) is 0 Å². The Morgan fingerprint density at radius 1 is 1.24 bits per heavy atom. The molecule has 2 rings (SSSR count). The molecule has 21 heavy (non-hydrogen) atoms. The molecule has 0 spiro atoms. The van der Waals surface area contributed by atoms with Crippen molar-refractivity contribution in [3.05, 3.63) is 0 Å². The zero-order valence-electron chi connectivity index (χ0n) is 12.3. The number of carbonyl (C=O) groups excluding carboxylic acids is 1. The zero-order valence-corrected chi connectivity index (χ0v) is 13.1. The largest absolute Gasteiger partial charge is 0.390 e. The first-order chi connectivity index (χ1) is 9.90. The summed E-state index contributed by atoms with van der Waals surface area (Å²) < 4.78 is 37.3. The van der Waals surface area contributed by atoms with Crippen molar-refractivity contribution < 1.29 is 18.0 Å². The van der Waals surface area contributed by atoms with E-state index in [2.05, 4.69) is 5.32 Å². The van der Waals surface area contributed by atoms with E-state index in [1.807, 2.05) is 6.26 Å². The molecule has 1 N–H and O–H groups in total. The minimum absolute atomic E-state index is 0.0125. The van der Waals surface area contributed by atoms with Crippen LogP contribution in [0, 0.1) is 0 Å². The van der Waals surface area contributed by atoms with Crippen LogP contribution in [0.25, 0.3) is 0 Å². The SMILES string of the molecule is CS[C@H]1CCC[C@H]1NC(=O)N(CCC(F)(F)F)C1CCC1. The lowest BCUT2D eigenvalue weighted by atomic mass is 9.91. The number of carbonyl (C=O) groups is 1. The number of alkyl halides is 3. The molecule has 2 aliphatic rings. The molecule has 0 aromatic carbocycles. The standard InChI is InChI=1S/C14H23F3N2OS/c1-21-12-7-3-6-11(12)18-13(20)19(10-4-2-5-10)9-8-14(15,16)17/h10-12H,2-9H2,1H3,(H,18,20)/t11-,12+/m1/s1. The number of hydrogen-bond acceptors (Lipinski definition) is 2. The molecule has 3 nitrogen and oxygen atoms in total. The molecule has 2 fully saturated rings. The third-order valence-corrected chi connectivity index (χ3v) is 5.65. The van der Waals surface area contributed by atoms with Crippen molar-refractivity contribution in [1.29, 1.82) is 0 Å². The van der Waals surface area contributed by atoms with Gasteiger partial charge in [-0.25, -0.2) is 4.79 Å². The summed E-state index contributed by atoms with van der Waals surface area (Å²) in [7, 11) is 0. The molecule has 122 valence electrons. The summed E-state index contributed by atoms with van der Waals surface area (Å²) in [6.07, 6.45) is 2.59. The van der Waals surface area contributed by atoms with Gasteiger partial charge in [-0.15, -0.1) is 0 Å². The number of hydrogen-bond donors (Lipinski definition) is 1. The van der Waals surface area contributed by atoms with Gasteiger partial charge in [0.1, 0.15) is 0 Å². The number of amides is 2. The summed E-state index contributed by atoms with van der Waals surface area (Å²) in [4.78, 5) is 13.8. The minimum Gasteiger partial charge on any atom is -0.334 e. The zero-order chi connectivity index (χ0) is 15.5. The van der Waals surface area contributed by atoms with Gasteiger partial charge in [-0.3, -0.25) is 0 Å². The lowest BCUT2D eigenvalue weighted by molar-refractivity contribution is -0.137. The molecule has 2 aliphatic carbocycles. The van der Waals surface area contributed by atoms with E-state index in [1.54, 1.807) is 11.8 Å². The number of halogens is 3. The van der Waals surface area contributed by atoms with Gasteiger partial charge in [0, 0.05) is 23.9 Å². The normalized spacial score (nSPS) is 26.5. The summed E-state index contributed by atoms with van der Waals surface area (Å²) in [6.45, 7) is -0.226. The van der Waals surface area contributed by atoms with Crippen LogP contribution in [0.1, 0.15) is 44.9 Å². The van der Waals surface area contributed by atoms with E-state index in [-0.39, 0.29) is 24.7 Å². The van der Waals surface area contributed by atoms with Crippen molar-refractivity contribution in [2.45, 2.75) is 68.5 Å². The molecule has 7 heteroatoms. The fraction of sp³-hybridized carbons (Fsp3) is 0.929. The van der Waals surface area contributed by atoms with Crippen LogP contribution in [0.15, 0.2) is 0 Å². The predicted molar refractivity (Wildman–Crippen MR) is 78.5 cm³/mol. The highest BCUT2D eigenvalue weighted by Gasteiger charge is 2.36. The van der Waals surface area contributed by atoms with E-state index in [0.717, 1.165) is 38.5 Å². The lowest BCUT2D eigenvalue weighted by Gasteiger charge is -2.38. The van der Waals surface area contributed by atoms with Crippen LogP contribution in [0.3, 0.4) is 0 Å². The maximum atomic E-state index is 12.4. The Balaban J connectivity index is 1.91. The van der Waals surface area contributed by atoms with Gasteiger partial charge in [0.05, 0.1) is 6.42 Å². The van der Waals surface area contributed by atoms with E-state index >= 15 is 0 Å². The smallest absolute Gasteiger partial charge is 0.334 e. The molecule has 0 unspecified atom stereocenters. The first-order valence-corrected chi connectivity index (χ1v) is 8.86. The van der Waals surface area contributed by atoms with E-state index in [1.165, 1.54) is 4.90 Å². The van der Waals surface area contributed by atoms with E-state index in [9.17, 15) is 18.0 Å². The lowest BCUT2D eigenvalue weighted by Crippen LogP contribution is -2.53. The van der Waals surface area contributed by atoms with Gasteiger partial charge in [-0.2, -0.15) is 24.9 Å². The second-order valence-electron chi connectivity index (χ2n) is 5.90. The fourth-order valence-corrected chi connectivity index (χ4v) is 3.95. The summed E-state index contributed by atoms with van der Waals surface area (Å²) >= 11 is 1.73. The fourth-order valence-electron chi connectivity index (χ4n) is 3.01. The number of nitrogens with zero attached hydrogens (tertiary/aromatic N) is 1. The summed E-state index contributed by atoms with van der Waals surface area (Å²) in [5, 5.41) is 3.35. The molecule has 0 aromatic rings. The Labute approximate surface area is 128 Å². The van der Waals surface area contributed by atoms with Crippen molar-refractivity contribution in [2.24, 2.45) is 0 Å². The molecular weight excluding hydrogens is 301 g/mol. The van der Waals surface area contributed by atoms with Crippen molar-refractivity contribution in [2.75, 3.05) is 12.8 Å². The molecule has 0 heterocycles. The Hall–Kier alpha value is -0.590. The number of nitrogens with one attached hydrogen (secondary N) is 1. The minimum atomic E-state index is -4.21. The number of rotatable bonds is 5. The molecule has 2 atom stereocenters. The Morgan fingerprint density at radius 2 is 1.90 bits per heavy atom. The molecule has 2 amide bonds. The first-order valence-electron chi connectivity index (χ1n) is 7.57. The summed E-state index contributed by atoms with van der Waals surface area (Å²) in [6, 6.07) is -0.225. The summed E-state index contributed by atoms with van der Waals surface area (Å²) in [5.74, 6) is 0. The molecule has 0 bridgehead atoms. The number of urea groups is 1. The average Bonchev–Trinajstić information content (AvgIpc) is 2.77. The quantitative estimate of drug-likeness (QED) is 0.834. The van der Waals surface area contributed by atoms with Crippen LogP contribution in [-0.2, 0) is 0 Å². The molecule has 0 aromatic heterocycles.